The van der Waals surface area contributed by atoms with Crippen molar-refractivity contribution in [3.05, 3.63) is 45.0 Å². The lowest BCUT2D eigenvalue weighted by atomic mass is 9.99. The lowest BCUT2D eigenvalue weighted by Crippen LogP contribution is -2.37. The first-order valence-corrected chi connectivity index (χ1v) is 10.9. The Bertz CT molecular complexity index is 1280. The van der Waals surface area contributed by atoms with Crippen LogP contribution in [0.3, 0.4) is 0 Å². The summed E-state index contributed by atoms with van der Waals surface area (Å²) in [5.41, 5.74) is 3.26. The van der Waals surface area contributed by atoms with E-state index in [0.717, 1.165) is 21.9 Å². The van der Waals surface area contributed by atoms with E-state index in [9.17, 15) is 18.0 Å². The summed E-state index contributed by atoms with van der Waals surface area (Å²) in [6.07, 6.45) is 1.91. The highest BCUT2D eigenvalue weighted by molar-refractivity contribution is 7.91. The molecule has 4 rings (SSSR count). The predicted molar refractivity (Wildman–Crippen MR) is 105 cm³/mol. The minimum absolute atomic E-state index is 0.0546. The molecule has 1 atom stereocenters. The highest BCUT2D eigenvalue weighted by Gasteiger charge is 2.29. The van der Waals surface area contributed by atoms with E-state index in [1.165, 1.54) is 0 Å². The molecule has 3 heterocycles. The van der Waals surface area contributed by atoms with Crippen molar-refractivity contribution in [2.75, 3.05) is 11.5 Å². The Labute approximate surface area is 161 Å². The van der Waals surface area contributed by atoms with Crippen LogP contribution in [0.2, 0.25) is 0 Å². The lowest BCUT2D eigenvalue weighted by Gasteiger charge is -2.13. The van der Waals surface area contributed by atoms with E-state index >= 15 is 0 Å². The number of benzene rings is 1. The average Bonchev–Trinajstić information content (AvgIpc) is 3.15. The summed E-state index contributed by atoms with van der Waals surface area (Å²) in [5, 5.41) is 4.42. The normalized spacial score (nSPS) is 18.8. The summed E-state index contributed by atoms with van der Waals surface area (Å²) in [6, 6.07) is 1.51. The van der Waals surface area contributed by atoms with Crippen molar-refractivity contribution in [2.24, 2.45) is 0 Å². The SMILES string of the molecule is Cc1coc2c(C)c3oc(=O)c(CC(=O)N[C@@H]4CCS(=O)(=O)C4)c(C)c3cc12. The van der Waals surface area contributed by atoms with Gasteiger partial charge in [0.1, 0.15) is 11.2 Å². The molecule has 1 aromatic carbocycles. The number of amides is 1. The maximum Gasteiger partial charge on any atom is 0.340 e. The summed E-state index contributed by atoms with van der Waals surface area (Å²) < 4.78 is 34.2. The van der Waals surface area contributed by atoms with Gasteiger partial charge < -0.3 is 14.2 Å². The summed E-state index contributed by atoms with van der Waals surface area (Å²) in [6.45, 7) is 5.57. The molecule has 28 heavy (non-hydrogen) atoms. The number of hydrogen-bond donors (Lipinski definition) is 1. The number of carbonyl (C=O) groups excluding carboxylic acids is 1. The average molecular weight is 403 g/mol. The van der Waals surface area contributed by atoms with Crippen molar-refractivity contribution in [3.63, 3.8) is 0 Å². The second-order valence-corrected chi connectivity index (χ2v) is 9.74. The first kappa shape index (κ1) is 18.7. The van der Waals surface area contributed by atoms with Gasteiger partial charge in [0, 0.05) is 22.4 Å². The number of carbonyl (C=O) groups is 1. The van der Waals surface area contributed by atoms with Gasteiger partial charge in [0.2, 0.25) is 5.91 Å². The third kappa shape index (κ3) is 3.11. The van der Waals surface area contributed by atoms with E-state index < -0.39 is 21.5 Å². The minimum Gasteiger partial charge on any atom is -0.464 e. The Kier molecular flexibility index (Phi) is 4.33. The summed E-state index contributed by atoms with van der Waals surface area (Å²) in [5.74, 6) is -0.357. The molecular weight excluding hydrogens is 382 g/mol. The van der Waals surface area contributed by atoms with Crippen LogP contribution in [-0.4, -0.2) is 31.9 Å². The van der Waals surface area contributed by atoms with Crippen molar-refractivity contribution >= 4 is 37.7 Å². The smallest absolute Gasteiger partial charge is 0.340 e. The largest absolute Gasteiger partial charge is 0.464 e. The van der Waals surface area contributed by atoms with Crippen LogP contribution in [0.1, 0.15) is 28.7 Å². The lowest BCUT2D eigenvalue weighted by molar-refractivity contribution is -0.121. The van der Waals surface area contributed by atoms with Crippen LogP contribution in [0.5, 0.6) is 0 Å². The molecule has 1 amide bonds. The fourth-order valence-corrected chi connectivity index (χ4v) is 5.54. The van der Waals surface area contributed by atoms with Crippen LogP contribution in [-0.2, 0) is 21.1 Å². The third-order valence-corrected chi connectivity index (χ3v) is 7.24. The molecule has 2 aromatic heterocycles. The quantitative estimate of drug-likeness (QED) is 0.673. The molecule has 1 saturated heterocycles. The van der Waals surface area contributed by atoms with Crippen molar-refractivity contribution in [3.8, 4) is 0 Å². The van der Waals surface area contributed by atoms with E-state index in [1.54, 1.807) is 13.2 Å². The minimum atomic E-state index is -3.09. The van der Waals surface area contributed by atoms with Gasteiger partial charge in [-0.2, -0.15) is 0 Å². The fraction of sp³-hybridized carbons (Fsp3) is 0.400. The summed E-state index contributed by atoms with van der Waals surface area (Å²) >= 11 is 0. The van der Waals surface area contributed by atoms with Gasteiger partial charge in [-0.05, 0) is 44.4 Å². The summed E-state index contributed by atoms with van der Waals surface area (Å²) in [4.78, 5) is 25.0. The molecule has 0 spiro atoms. The van der Waals surface area contributed by atoms with E-state index in [0.29, 0.717) is 23.2 Å². The molecule has 8 heteroatoms. The Morgan fingerprint density at radius 1 is 1.18 bits per heavy atom. The number of furan rings is 1. The molecule has 0 unspecified atom stereocenters. The molecular formula is C20H21NO6S. The molecule has 0 radical (unpaired) electrons. The maximum absolute atomic E-state index is 12.6. The molecule has 1 aliphatic rings. The molecule has 7 nitrogen and oxygen atoms in total. The second-order valence-electron chi connectivity index (χ2n) is 7.51. The predicted octanol–water partition coefficient (Wildman–Crippen LogP) is 2.31. The molecule has 1 aliphatic heterocycles. The van der Waals surface area contributed by atoms with Crippen molar-refractivity contribution in [1.82, 2.24) is 5.32 Å². The number of hydrogen-bond acceptors (Lipinski definition) is 6. The molecule has 1 N–H and O–H groups in total. The van der Waals surface area contributed by atoms with Crippen molar-refractivity contribution in [2.45, 2.75) is 39.7 Å². The fourth-order valence-electron chi connectivity index (χ4n) is 3.87. The van der Waals surface area contributed by atoms with Gasteiger partial charge in [0.15, 0.2) is 9.84 Å². The van der Waals surface area contributed by atoms with Crippen LogP contribution in [0, 0.1) is 20.8 Å². The monoisotopic (exact) mass is 403 g/mol. The Balaban J connectivity index is 1.71. The van der Waals surface area contributed by atoms with Crippen LogP contribution in [0.4, 0.5) is 0 Å². The first-order valence-electron chi connectivity index (χ1n) is 9.10. The molecule has 1 fully saturated rings. The van der Waals surface area contributed by atoms with Crippen LogP contribution < -0.4 is 10.9 Å². The van der Waals surface area contributed by atoms with E-state index in [1.807, 2.05) is 19.9 Å². The number of nitrogens with one attached hydrogen (secondary N) is 1. The summed E-state index contributed by atoms with van der Waals surface area (Å²) in [7, 11) is -3.09. The van der Waals surface area contributed by atoms with E-state index in [4.69, 9.17) is 8.83 Å². The van der Waals surface area contributed by atoms with Crippen molar-refractivity contribution in [1.29, 1.82) is 0 Å². The van der Waals surface area contributed by atoms with Crippen LogP contribution >= 0.6 is 0 Å². The maximum atomic E-state index is 12.6. The molecule has 0 saturated carbocycles. The van der Waals surface area contributed by atoms with E-state index in [2.05, 4.69) is 5.32 Å². The molecule has 0 bridgehead atoms. The Hall–Kier alpha value is -2.61. The van der Waals surface area contributed by atoms with Crippen molar-refractivity contribution < 1.29 is 22.0 Å². The zero-order valence-electron chi connectivity index (χ0n) is 15.9. The van der Waals surface area contributed by atoms with Crippen LogP contribution in [0.15, 0.2) is 26.0 Å². The van der Waals surface area contributed by atoms with Gasteiger partial charge in [0.05, 0.1) is 29.8 Å². The zero-order chi connectivity index (χ0) is 20.2. The van der Waals surface area contributed by atoms with Gasteiger partial charge in [-0.25, -0.2) is 13.2 Å². The Morgan fingerprint density at radius 2 is 1.93 bits per heavy atom. The molecule has 148 valence electrons. The number of aryl methyl sites for hydroxylation is 3. The Morgan fingerprint density at radius 3 is 2.61 bits per heavy atom. The van der Waals surface area contributed by atoms with Gasteiger partial charge in [-0.3, -0.25) is 4.79 Å². The standard InChI is InChI=1S/C20H21NO6S/c1-10-8-26-18-12(3)19-15(6-14(10)18)11(2)16(20(23)27-19)7-17(22)21-13-4-5-28(24,25)9-13/h6,8,13H,4-5,7,9H2,1-3H3,(H,21,22)/t13-/m1/s1. The zero-order valence-corrected chi connectivity index (χ0v) is 16.7. The topological polar surface area (TPSA) is 107 Å². The van der Waals surface area contributed by atoms with Gasteiger partial charge >= 0.3 is 5.63 Å². The number of fused-ring (bicyclic) bond motifs is 2. The van der Waals surface area contributed by atoms with Gasteiger partial charge in [-0.1, -0.05) is 0 Å². The van der Waals surface area contributed by atoms with Gasteiger partial charge in [-0.15, -0.1) is 0 Å². The molecule has 3 aromatic rings. The van der Waals surface area contributed by atoms with E-state index in [-0.39, 0.29) is 29.4 Å². The third-order valence-electron chi connectivity index (χ3n) is 5.47. The first-order chi connectivity index (χ1) is 13.2. The highest BCUT2D eigenvalue weighted by Crippen LogP contribution is 2.32. The number of rotatable bonds is 3. The van der Waals surface area contributed by atoms with Gasteiger partial charge in [0.25, 0.3) is 0 Å². The number of sulfone groups is 1. The molecule has 0 aliphatic carbocycles. The highest BCUT2D eigenvalue weighted by atomic mass is 32.2. The second kappa shape index (κ2) is 6.48. The van der Waals surface area contributed by atoms with Crippen LogP contribution in [0.25, 0.3) is 21.9 Å².